The molecule has 0 aromatic carbocycles. The lowest BCUT2D eigenvalue weighted by Gasteiger charge is -2.50. The largest absolute Gasteiger partial charge is 0.543 e. The second-order valence-electron chi connectivity index (χ2n) is 8.70. The highest BCUT2D eigenvalue weighted by Crippen LogP contribution is 2.40. The third kappa shape index (κ3) is 5.50. The van der Waals surface area contributed by atoms with Crippen LogP contribution in [0.2, 0.25) is 0 Å². The number of hydrogen-bond acceptors (Lipinski definition) is 14. The van der Waals surface area contributed by atoms with E-state index in [2.05, 4.69) is 31.7 Å². The van der Waals surface area contributed by atoms with Crippen molar-refractivity contribution < 1.29 is 38.4 Å². The Morgan fingerprint density at radius 1 is 1.40 bits per heavy atom. The molecular formula is C24H22N8O7S3. The van der Waals surface area contributed by atoms with E-state index in [0.717, 1.165) is 26.6 Å². The van der Waals surface area contributed by atoms with Crippen LogP contribution in [0.4, 0.5) is 15.6 Å². The molecule has 0 aliphatic carbocycles. The number of oxime groups is 1. The maximum atomic E-state index is 13.1. The minimum Gasteiger partial charge on any atom is -0.543 e. The average Bonchev–Trinajstić information content (AvgIpc) is 3.59. The maximum Gasteiger partial charge on any atom is 0.411 e. The number of amides is 3. The monoisotopic (exact) mass is 630 g/mol. The fraction of sp³-hybridized carbons (Fsp3) is 0.250. The van der Waals surface area contributed by atoms with Gasteiger partial charge in [-0.3, -0.25) is 19.8 Å². The number of nitrogens with zero attached hydrogens (tertiary/aromatic N) is 5. The summed E-state index contributed by atoms with van der Waals surface area (Å²) in [6, 6.07) is 2.55. The van der Waals surface area contributed by atoms with Gasteiger partial charge in [-0.05, 0) is 6.07 Å². The summed E-state index contributed by atoms with van der Waals surface area (Å²) in [7, 11) is 1.24. The van der Waals surface area contributed by atoms with E-state index in [1.807, 2.05) is 10.6 Å². The normalized spacial score (nSPS) is 18.3. The summed E-state index contributed by atoms with van der Waals surface area (Å²) >= 11 is 3.50. The van der Waals surface area contributed by atoms with Gasteiger partial charge in [0.2, 0.25) is 11.5 Å². The Balaban J connectivity index is 1.35. The Hall–Kier alpha value is -4.55. The van der Waals surface area contributed by atoms with Gasteiger partial charge in [-0.2, -0.15) is 13.9 Å². The van der Waals surface area contributed by atoms with Crippen molar-refractivity contribution in [2.24, 2.45) is 5.16 Å². The highest BCUT2D eigenvalue weighted by atomic mass is 32.2. The zero-order valence-electron chi connectivity index (χ0n) is 21.8. The molecule has 1 fully saturated rings. The molecule has 0 saturated carbocycles. The molecule has 3 aromatic rings. The fourth-order valence-corrected chi connectivity index (χ4v) is 7.12. The van der Waals surface area contributed by atoms with E-state index in [4.69, 9.17) is 15.3 Å². The Morgan fingerprint density at radius 2 is 2.21 bits per heavy atom. The molecule has 2 aliphatic heterocycles. The first-order valence-electron chi connectivity index (χ1n) is 12.1. The Bertz CT molecular complexity index is 1670. The molecule has 0 bridgehead atoms. The number of thiophene rings is 1. The summed E-state index contributed by atoms with van der Waals surface area (Å²) in [5.74, 6) is -2.73. The molecule has 0 spiro atoms. The molecule has 3 aromatic heterocycles. The lowest BCUT2D eigenvalue weighted by molar-refractivity contribution is -0.661. The van der Waals surface area contributed by atoms with Crippen molar-refractivity contribution >= 4 is 85.3 Å². The number of carboxylic acids is 1. The molecule has 1 saturated heterocycles. The number of anilines is 2. The van der Waals surface area contributed by atoms with Crippen LogP contribution in [0.1, 0.15) is 5.82 Å². The number of aliphatic carboxylic acids is 1. The van der Waals surface area contributed by atoms with Gasteiger partial charge in [0.05, 0.1) is 22.7 Å². The summed E-state index contributed by atoms with van der Waals surface area (Å²) in [4.78, 5) is 60.9. The van der Waals surface area contributed by atoms with Gasteiger partial charge < -0.3 is 30.5 Å². The van der Waals surface area contributed by atoms with Crippen LogP contribution in [-0.4, -0.2) is 74.7 Å². The van der Waals surface area contributed by atoms with E-state index >= 15 is 0 Å². The van der Waals surface area contributed by atoms with E-state index < -0.39 is 35.3 Å². The van der Waals surface area contributed by atoms with Gasteiger partial charge in [-0.1, -0.05) is 29.1 Å². The van der Waals surface area contributed by atoms with Crippen LogP contribution in [0.15, 0.2) is 52.8 Å². The molecule has 0 radical (unpaired) electrons. The van der Waals surface area contributed by atoms with E-state index in [-0.39, 0.29) is 41.3 Å². The van der Waals surface area contributed by atoms with Gasteiger partial charge in [0.15, 0.2) is 17.9 Å². The van der Waals surface area contributed by atoms with Crippen LogP contribution in [0, 0.1) is 0 Å². The number of thioether (sulfide) groups is 1. The number of carboxylic acid groups (broad SMARTS) is 1. The number of nitrogen functional groups attached to an aromatic ring is 1. The number of nitrogens with two attached hydrogens (primary N) is 1. The number of carbonyl (C=O) groups excluding carboxylic acids is 4. The highest BCUT2D eigenvalue weighted by Gasteiger charge is 2.53. The molecule has 2 aliphatic rings. The molecule has 4 N–H and O–H groups in total. The zero-order chi connectivity index (χ0) is 30.0. The molecule has 2 atom stereocenters. The quantitative estimate of drug-likeness (QED) is 0.0880. The van der Waals surface area contributed by atoms with Crippen molar-refractivity contribution in [3.8, 4) is 0 Å². The van der Waals surface area contributed by atoms with Gasteiger partial charge >= 0.3 is 6.09 Å². The smallest absolute Gasteiger partial charge is 0.411 e. The first kappa shape index (κ1) is 29.0. The number of pyridine rings is 1. The van der Waals surface area contributed by atoms with Crippen molar-refractivity contribution in [1.82, 2.24) is 19.6 Å². The molecule has 15 nitrogen and oxygen atoms in total. The fourth-order valence-electron chi connectivity index (χ4n) is 4.37. The Morgan fingerprint density at radius 3 is 2.90 bits per heavy atom. The lowest BCUT2D eigenvalue weighted by atomic mass is 10.0. The van der Waals surface area contributed by atoms with E-state index in [9.17, 15) is 24.3 Å². The Labute approximate surface area is 249 Å². The molecular weight excluding hydrogens is 609 g/mol. The maximum absolute atomic E-state index is 13.1. The van der Waals surface area contributed by atoms with Crippen molar-refractivity contribution in [1.29, 1.82) is 0 Å². The summed E-state index contributed by atoms with van der Waals surface area (Å²) in [5.41, 5.74) is 6.06. The lowest BCUT2D eigenvalue weighted by Crippen LogP contribution is -2.71. The van der Waals surface area contributed by atoms with Gasteiger partial charge in [-0.25, -0.2) is 4.79 Å². The summed E-state index contributed by atoms with van der Waals surface area (Å²) < 4.78 is 10.8. The summed E-state index contributed by atoms with van der Waals surface area (Å²) in [6.45, 7) is 3.71. The second kappa shape index (κ2) is 12.1. The van der Waals surface area contributed by atoms with Crippen LogP contribution >= 0.6 is 34.6 Å². The minimum absolute atomic E-state index is 0.0620. The molecule has 5 rings (SSSR count). The van der Waals surface area contributed by atoms with Crippen LogP contribution in [0.25, 0.3) is 10.2 Å². The number of hydrogen-bond donors (Lipinski definition) is 3. The van der Waals surface area contributed by atoms with Crippen LogP contribution < -0.4 is 26.0 Å². The molecule has 1 unspecified atom stereocenters. The molecule has 42 heavy (non-hydrogen) atoms. The number of rotatable bonds is 10. The van der Waals surface area contributed by atoms with E-state index in [1.165, 1.54) is 36.3 Å². The SMILES string of the molecule is C=CCOC(=O)Nc1csc2c1ccc[n+]2CC1=C(C(=O)[O-])N2C(=O)C(NC(=O)/C(=N\OC)c3nsc(N)n3)[C@H]2SC1. The third-order valence-corrected chi connectivity index (χ3v) is 9.02. The van der Waals surface area contributed by atoms with Crippen molar-refractivity contribution in [3.05, 3.63) is 53.5 Å². The van der Waals surface area contributed by atoms with Gasteiger partial charge in [0.1, 0.15) is 25.1 Å². The zero-order valence-corrected chi connectivity index (χ0v) is 24.2. The van der Waals surface area contributed by atoms with Crippen molar-refractivity contribution in [2.75, 3.05) is 30.5 Å². The first-order chi connectivity index (χ1) is 20.2. The summed E-state index contributed by atoms with van der Waals surface area (Å²) in [6.07, 6.45) is 2.59. The molecule has 5 heterocycles. The molecule has 218 valence electrons. The predicted octanol–water partition coefficient (Wildman–Crippen LogP) is -0.188. The first-order valence-corrected chi connectivity index (χ1v) is 14.8. The number of fused-ring (bicyclic) bond motifs is 2. The second-order valence-corrected chi connectivity index (χ2v) is 11.4. The average molecular weight is 631 g/mol. The highest BCUT2D eigenvalue weighted by molar-refractivity contribution is 8.00. The number of ether oxygens (including phenoxy) is 1. The van der Waals surface area contributed by atoms with Crippen LogP contribution in [-0.2, 0) is 30.5 Å². The number of carbonyl (C=O) groups is 4. The Kier molecular flexibility index (Phi) is 8.36. The number of β-lactam (4-membered cyclic amide) rings is 1. The van der Waals surface area contributed by atoms with Crippen LogP contribution in [0.5, 0.6) is 0 Å². The topological polar surface area (TPSA) is 205 Å². The minimum atomic E-state index is -1.51. The van der Waals surface area contributed by atoms with E-state index in [1.54, 1.807) is 17.6 Å². The van der Waals surface area contributed by atoms with E-state index in [0.29, 0.717) is 11.3 Å². The van der Waals surface area contributed by atoms with Crippen molar-refractivity contribution in [2.45, 2.75) is 18.0 Å². The molecule has 3 amide bonds. The van der Waals surface area contributed by atoms with Gasteiger partial charge in [0, 0.05) is 34.3 Å². The van der Waals surface area contributed by atoms with Crippen LogP contribution in [0.3, 0.4) is 0 Å². The third-order valence-electron chi connectivity index (χ3n) is 6.11. The number of aromatic nitrogens is 3. The van der Waals surface area contributed by atoms with Crippen molar-refractivity contribution in [3.63, 3.8) is 0 Å². The van der Waals surface area contributed by atoms with Gasteiger partial charge in [-0.15, -0.1) is 11.8 Å². The standard InChI is InChI=1S/C24H22N8O7S3/c1-3-7-39-24(37)26-13-10-41-20-12(13)5-4-6-31(20)8-11-9-40-21-15(19(34)32(21)16(11)22(35)36)27-18(33)14(29-38-2)17-28-23(25)42-30-17/h3-6,10,15,21H,1,7-9H2,2H3,(H4-,25,26,27,28,30,33,35,36,37)/b29-14-/t15?,21-/m1/s1. The molecule has 18 heteroatoms. The predicted molar refractivity (Wildman–Crippen MR) is 152 cm³/mol. The summed E-state index contributed by atoms with van der Waals surface area (Å²) in [5, 5.41) is 23.1. The van der Waals surface area contributed by atoms with Gasteiger partial charge in [0.25, 0.3) is 16.6 Å². The number of nitrogens with one attached hydrogen (secondary N) is 2.